The number of carbonyl (C=O) groups excluding carboxylic acids is 2. The Morgan fingerprint density at radius 1 is 1.03 bits per heavy atom. The molecule has 0 aliphatic heterocycles. The maximum atomic E-state index is 12.5. The van der Waals surface area contributed by atoms with E-state index in [9.17, 15) is 14.4 Å². The fraction of sp³-hybridized carbons (Fsp3) is 0.208. The molecule has 1 heterocycles. The first-order chi connectivity index (χ1) is 14.3. The van der Waals surface area contributed by atoms with Gasteiger partial charge in [-0.3, -0.25) is 4.79 Å². The highest BCUT2D eigenvalue weighted by molar-refractivity contribution is 5.89. The van der Waals surface area contributed by atoms with Crippen molar-refractivity contribution < 1.29 is 23.5 Å². The zero-order valence-corrected chi connectivity index (χ0v) is 16.9. The van der Waals surface area contributed by atoms with Crippen LogP contribution in [0.1, 0.15) is 25.8 Å². The van der Waals surface area contributed by atoms with Crippen molar-refractivity contribution in [1.82, 2.24) is 0 Å². The van der Waals surface area contributed by atoms with Crippen LogP contribution in [0.3, 0.4) is 0 Å². The largest absolute Gasteiger partial charge is 0.466 e. The van der Waals surface area contributed by atoms with Crippen LogP contribution in [-0.4, -0.2) is 18.5 Å². The predicted molar refractivity (Wildman–Crippen MR) is 113 cm³/mol. The summed E-state index contributed by atoms with van der Waals surface area (Å²) in [6.45, 7) is 6.85. The first kappa shape index (κ1) is 21.0. The van der Waals surface area contributed by atoms with Crippen LogP contribution in [0.5, 0.6) is 5.75 Å². The lowest BCUT2D eigenvalue weighted by molar-refractivity contribution is -0.141. The molecule has 3 aromatic rings. The Hall–Kier alpha value is -3.67. The molecule has 0 aliphatic carbocycles. The van der Waals surface area contributed by atoms with Crippen molar-refractivity contribution in [2.24, 2.45) is 0 Å². The van der Waals surface area contributed by atoms with Gasteiger partial charge in [0.15, 0.2) is 0 Å². The quantitative estimate of drug-likeness (QED) is 0.190. The van der Waals surface area contributed by atoms with E-state index < -0.39 is 11.6 Å². The highest BCUT2D eigenvalue weighted by Gasteiger charge is 2.10. The van der Waals surface area contributed by atoms with Crippen LogP contribution in [0.25, 0.3) is 22.1 Å². The minimum absolute atomic E-state index is 0.297. The van der Waals surface area contributed by atoms with Gasteiger partial charge in [-0.1, -0.05) is 30.8 Å². The molecule has 30 heavy (non-hydrogen) atoms. The van der Waals surface area contributed by atoms with Crippen LogP contribution in [0, 0.1) is 0 Å². The van der Waals surface area contributed by atoms with Crippen LogP contribution in [0.15, 0.2) is 69.9 Å². The lowest BCUT2D eigenvalue weighted by Gasteiger charge is -2.07. The van der Waals surface area contributed by atoms with Crippen LogP contribution in [0.2, 0.25) is 0 Å². The molecule has 0 amide bonds. The number of esters is 2. The minimum atomic E-state index is -0.503. The molecule has 154 valence electrons. The Balaban J connectivity index is 1.78. The van der Waals surface area contributed by atoms with Gasteiger partial charge < -0.3 is 13.9 Å². The molecule has 0 radical (unpaired) electrons. The molecule has 1 aromatic heterocycles. The van der Waals surface area contributed by atoms with Gasteiger partial charge >= 0.3 is 17.6 Å². The van der Waals surface area contributed by atoms with Crippen molar-refractivity contribution in [3.63, 3.8) is 0 Å². The van der Waals surface area contributed by atoms with Crippen molar-refractivity contribution >= 4 is 22.9 Å². The van der Waals surface area contributed by atoms with E-state index in [1.54, 1.807) is 37.3 Å². The summed E-state index contributed by atoms with van der Waals surface area (Å²) in [5.74, 6) is -0.430. The Morgan fingerprint density at radius 2 is 1.77 bits per heavy atom. The van der Waals surface area contributed by atoms with Gasteiger partial charge in [-0.15, -0.1) is 0 Å². The second-order valence-corrected chi connectivity index (χ2v) is 6.96. The molecular formula is C24H22O6. The van der Waals surface area contributed by atoms with Crippen molar-refractivity contribution in [3.05, 3.63) is 76.7 Å². The number of hydrogen-bond acceptors (Lipinski definition) is 6. The van der Waals surface area contributed by atoms with E-state index in [0.717, 1.165) is 10.9 Å². The highest BCUT2D eigenvalue weighted by Crippen LogP contribution is 2.24. The second-order valence-electron chi connectivity index (χ2n) is 6.96. The SMILES string of the molecule is C=C(C)C(=O)Oc1ccc(-c2cc3ccc(CCCOC(C)=O)cc3oc2=O)cc1. The Kier molecular flexibility index (Phi) is 6.47. The minimum Gasteiger partial charge on any atom is -0.466 e. The smallest absolute Gasteiger partial charge is 0.344 e. The van der Waals surface area contributed by atoms with Crippen LogP contribution >= 0.6 is 0 Å². The van der Waals surface area contributed by atoms with Gasteiger partial charge in [0.1, 0.15) is 11.3 Å². The molecule has 0 saturated heterocycles. The van der Waals surface area contributed by atoms with Crippen molar-refractivity contribution in [1.29, 1.82) is 0 Å². The summed E-state index contributed by atoms with van der Waals surface area (Å²) in [5.41, 5.74) is 2.43. The molecule has 2 aromatic carbocycles. The lowest BCUT2D eigenvalue weighted by atomic mass is 10.0. The Bertz CT molecular complexity index is 1150. The summed E-state index contributed by atoms with van der Waals surface area (Å²) in [6, 6.07) is 14.1. The first-order valence-electron chi connectivity index (χ1n) is 9.52. The van der Waals surface area contributed by atoms with Crippen LogP contribution in [-0.2, 0) is 20.7 Å². The Morgan fingerprint density at radius 3 is 2.43 bits per heavy atom. The van der Waals surface area contributed by atoms with E-state index in [-0.39, 0.29) is 5.97 Å². The third-order valence-electron chi connectivity index (χ3n) is 4.44. The zero-order valence-electron chi connectivity index (χ0n) is 16.9. The number of benzene rings is 2. The molecule has 0 fully saturated rings. The molecule has 0 saturated carbocycles. The average molecular weight is 406 g/mol. The number of hydrogen-bond donors (Lipinski definition) is 0. The maximum absolute atomic E-state index is 12.5. The van der Waals surface area contributed by atoms with Gasteiger partial charge in [0.05, 0.1) is 12.2 Å². The van der Waals surface area contributed by atoms with Gasteiger partial charge in [0.2, 0.25) is 0 Å². The number of ether oxygens (including phenoxy) is 2. The summed E-state index contributed by atoms with van der Waals surface area (Å²) < 4.78 is 15.6. The number of rotatable bonds is 7. The van der Waals surface area contributed by atoms with E-state index in [1.165, 1.54) is 6.92 Å². The third kappa shape index (κ3) is 5.23. The van der Waals surface area contributed by atoms with Crippen LogP contribution in [0.4, 0.5) is 0 Å². The molecule has 6 heteroatoms. The van der Waals surface area contributed by atoms with Gasteiger partial charge in [-0.05, 0) is 55.2 Å². The summed E-state index contributed by atoms with van der Waals surface area (Å²) in [6.07, 6.45) is 1.40. The topological polar surface area (TPSA) is 82.8 Å². The molecule has 6 nitrogen and oxygen atoms in total. The van der Waals surface area contributed by atoms with Gasteiger partial charge in [0.25, 0.3) is 0 Å². The molecular weight excluding hydrogens is 384 g/mol. The number of carbonyl (C=O) groups is 2. The molecule has 0 spiro atoms. The fourth-order valence-corrected chi connectivity index (χ4v) is 2.90. The molecule has 0 atom stereocenters. The van der Waals surface area contributed by atoms with E-state index >= 15 is 0 Å². The van der Waals surface area contributed by atoms with Gasteiger partial charge in [0, 0.05) is 17.9 Å². The second kappa shape index (κ2) is 9.22. The normalized spacial score (nSPS) is 10.6. The fourth-order valence-electron chi connectivity index (χ4n) is 2.90. The molecule has 3 rings (SSSR count). The zero-order chi connectivity index (χ0) is 21.7. The number of aryl methyl sites for hydroxylation is 1. The van der Waals surface area contributed by atoms with Gasteiger partial charge in [-0.2, -0.15) is 0 Å². The Labute approximate surface area is 173 Å². The average Bonchev–Trinajstić information content (AvgIpc) is 2.71. The summed E-state index contributed by atoms with van der Waals surface area (Å²) in [7, 11) is 0. The van der Waals surface area contributed by atoms with Gasteiger partial charge in [-0.25, -0.2) is 9.59 Å². The van der Waals surface area contributed by atoms with E-state index in [4.69, 9.17) is 13.9 Å². The van der Waals surface area contributed by atoms with E-state index in [1.807, 2.05) is 18.2 Å². The first-order valence-corrected chi connectivity index (χ1v) is 9.52. The summed E-state index contributed by atoms with van der Waals surface area (Å²) >= 11 is 0. The molecule has 0 N–H and O–H groups in total. The molecule has 0 bridgehead atoms. The van der Waals surface area contributed by atoms with E-state index in [2.05, 4.69) is 6.58 Å². The predicted octanol–water partition coefficient (Wildman–Crippen LogP) is 4.44. The summed E-state index contributed by atoms with van der Waals surface area (Å²) in [5, 5.41) is 0.797. The number of fused-ring (bicyclic) bond motifs is 1. The van der Waals surface area contributed by atoms with Crippen LogP contribution < -0.4 is 10.4 Å². The van der Waals surface area contributed by atoms with Crippen molar-refractivity contribution in [3.8, 4) is 16.9 Å². The summed E-state index contributed by atoms with van der Waals surface area (Å²) in [4.78, 5) is 34.9. The maximum Gasteiger partial charge on any atom is 0.344 e. The molecule has 0 unspecified atom stereocenters. The lowest BCUT2D eigenvalue weighted by Crippen LogP contribution is -2.08. The van der Waals surface area contributed by atoms with E-state index in [0.29, 0.717) is 47.5 Å². The standard InChI is InChI=1S/C24H22O6/c1-15(2)23(26)29-20-10-8-18(9-11-20)21-14-19-7-6-17(5-4-12-28-16(3)25)13-22(19)30-24(21)27/h6-11,13-14H,1,4-5,12H2,2-3H3. The monoisotopic (exact) mass is 406 g/mol. The van der Waals surface area contributed by atoms with Crippen molar-refractivity contribution in [2.75, 3.05) is 6.61 Å². The molecule has 0 aliphatic rings. The highest BCUT2D eigenvalue weighted by atomic mass is 16.5. The van der Waals surface area contributed by atoms with Crippen molar-refractivity contribution in [2.45, 2.75) is 26.7 Å². The third-order valence-corrected chi connectivity index (χ3v) is 4.44.